The summed E-state index contributed by atoms with van der Waals surface area (Å²) < 4.78 is 38.0. The fourth-order valence-corrected chi connectivity index (χ4v) is 4.97. The molecule has 158 valence electrons. The van der Waals surface area contributed by atoms with Crippen molar-refractivity contribution >= 4 is 15.7 Å². The number of oxazole rings is 1. The third kappa shape index (κ3) is 4.21. The number of rotatable bonds is 6. The molecule has 0 bridgehead atoms. The van der Waals surface area contributed by atoms with Gasteiger partial charge < -0.3 is 14.1 Å². The topological polar surface area (TPSA) is 72.6 Å². The fourth-order valence-electron chi connectivity index (χ4n) is 3.63. The van der Waals surface area contributed by atoms with Crippen molar-refractivity contribution in [3.05, 3.63) is 65.5 Å². The van der Waals surface area contributed by atoms with Crippen LogP contribution in [0, 0.1) is 6.92 Å². The SMILES string of the molecule is COc1ccc(Cc2nc(S(=O)(=O)c3ccc(C)cc3)c(N3CCCCC3)o2)cc1. The molecule has 0 N–H and O–H groups in total. The first-order valence-electron chi connectivity index (χ1n) is 10.2. The number of benzene rings is 2. The first kappa shape index (κ1) is 20.5. The number of methoxy groups -OCH3 is 1. The van der Waals surface area contributed by atoms with Crippen LogP contribution in [-0.2, 0) is 16.3 Å². The summed E-state index contributed by atoms with van der Waals surface area (Å²) in [6.07, 6.45) is 3.58. The number of hydrogen-bond donors (Lipinski definition) is 0. The first-order valence-corrected chi connectivity index (χ1v) is 11.6. The normalized spacial score (nSPS) is 14.7. The van der Waals surface area contributed by atoms with Gasteiger partial charge in [-0.15, -0.1) is 0 Å². The molecule has 1 aliphatic rings. The Bertz CT molecular complexity index is 1100. The van der Waals surface area contributed by atoms with Crippen molar-refractivity contribution in [1.82, 2.24) is 4.98 Å². The molecular weight excluding hydrogens is 400 g/mol. The van der Waals surface area contributed by atoms with Crippen LogP contribution in [0.1, 0.15) is 36.3 Å². The monoisotopic (exact) mass is 426 g/mol. The highest BCUT2D eigenvalue weighted by Gasteiger charge is 2.31. The molecule has 0 unspecified atom stereocenters. The van der Waals surface area contributed by atoms with E-state index in [0.29, 0.717) is 18.2 Å². The van der Waals surface area contributed by atoms with Gasteiger partial charge in [-0.2, -0.15) is 4.98 Å². The van der Waals surface area contributed by atoms with E-state index >= 15 is 0 Å². The van der Waals surface area contributed by atoms with Crippen LogP contribution in [0.4, 0.5) is 5.88 Å². The largest absolute Gasteiger partial charge is 0.497 e. The first-order chi connectivity index (χ1) is 14.5. The molecule has 1 aliphatic heterocycles. The highest BCUT2D eigenvalue weighted by Crippen LogP contribution is 2.33. The third-order valence-corrected chi connectivity index (χ3v) is 7.03. The Hall–Kier alpha value is -2.80. The van der Waals surface area contributed by atoms with E-state index in [1.807, 2.05) is 36.1 Å². The van der Waals surface area contributed by atoms with E-state index in [-0.39, 0.29) is 9.92 Å². The maximum atomic E-state index is 13.4. The molecule has 2 aromatic carbocycles. The van der Waals surface area contributed by atoms with Gasteiger partial charge in [0.1, 0.15) is 5.75 Å². The van der Waals surface area contributed by atoms with Crippen LogP contribution in [0.2, 0.25) is 0 Å². The number of aromatic nitrogens is 1. The molecule has 1 fully saturated rings. The summed E-state index contributed by atoms with van der Waals surface area (Å²) in [7, 11) is -2.16. The molecule has 6 nitrogen and oxygen atoms in total. The lowest BCUT2D eigenvalue weighted by atomic mass is 10.1. The molecule has 1 saturated heterocycles. The minimum Gasteiger partial charge on any atom is -0.497 e. The van der Waals surface area contributed by atoms with Gasteiger partial charge in [-0.25, -0.2) is 8.42 Å². The molecule has 1 aromatic heterocycles. The third-order valence-electron chi connectivity index (χ3n) is 5.37. The number of aryl methyl sites for hydroxylation is 1. The molecule has 0 atom stereocenters. The molecule has 3 aromatic rings. The second-order valence-electron chi connectivity index (χ2n) is 7.61. The van der Waals surface area contributed by atoms with Gasteiger partial charge >= 0.3 is 0 Å². The van der Waals surface area contributed by atoms with Crippen molar-refractivity contribution in [2.75, 3.05) is 25.1 Å². The maximum absolute atomic E-state index is 13.4. The molecule has 0 spiro atoms. The van der Waals surface area contributed by atoms with Gasteiger partial charge in [-0.05, 0) is 56.0 Å². The minimum absolute atomic E-state index is 0.0109. The van der Waals surface area contributed by atoms with E-state index in [9.17, 15) is 8.42 Å². The van der Waals surface area contributed by atoms with Gasteiger partial charge in [-0.1, -0.05) is 29.8 Å². The number of anilines is 1. The van der Waals surface area contributed by atoms with Crippen molar-refractivity contribution in [2.24, 2.45) is 0 Å². The quantitative estimate of drug-likeness (QED) is 0.582. The summed E-state index contributed by atoms with van der Waals surface area (Å²) in [5.74, 6) is 1.52. The van der Waals surface area contributed by atoms with E-state index < -0.39 is 9.84 Å². The number of hydrogen-bond acceptors (Lipinski definition) is 6. The van der Waals surface area contributed by atoms with E-state index in [0.717, 1.165) is 49.2 Å². The predicted molar refractivity (Wildman–Crippen MR) is 115 cm³/mol. The summed E-state index contributed by atoms with van der Waals surface area (Å²) in [6.45, 7) is 3.47. The van der Waals surface area contributed by atoms with Crippen LogP contribution >= 0.6 is 0 Å². The predicted octanol–water partition coefficient (Wildman–Crippen LogP) is 4.41. The minimum atomic E-state index is -3.78. The number of nitrogens with zero attached hydrogens (tertiary/aromatic N) is 2. The summed E-state index contributed by atoms with van der Waals surface area (Å²) in [5.41, 5.74) is 1.98. The van der Waals surface area contributed by atoms with Gasteiger partial charge in [0.25, 0.3) is 0 Å². The Morgan fingerprint density at radius 1 is 1.00 bits per heavy atom. The van der Waals surface area contributed by atoms with E-state index in [4.69, 9.17) is 9.15 Å². The summed E-state index contributed by atoms with van der Waals surface area (Å²) >= 11 is 0. The van der Waals surface area contributed by atoms with Crippen LogP contribution in [-0.4, -0.2) is 33.6 Å². The van der Waals surface area contributed by atoms with Crippen LogP contribution in [0.5, 0.6) is 5.75 Å². The maximum Gasteiger partial charge on any atom is 0.236 e. The molecule has 7 heteroatoms. The Kier molecular flexibility index (Phi) is 5.81. The van der Waals surface area contributed by atoms with Gasteiger partial charge in [-0.3, -0.25) is 0 Å². The van der Waals surface area contributed by atoms with Gasteiger partial charge in [0.05, 0.1) is 12.0 Å². The standard InChI is InChI=1S/C23H26N2O4S/c1-17-6-12-20(13-7-17)30(26,27)22-23(25-14-4-3-5-15-25)29-21(24-22)16-18-8-10-19(28-2)11-9-18/h6-13H,3-5,14-16H2,1-2H3. The van der Waals surface area contributed by atoms with Crippen molar-refractivity contribution < 1.29 is 17.6 Å². The number of sulfone groups is 1. The highest BCUT2D eigenvalue weighted by molar-refractivity contribution is 7.91. The molecule has 0 radical (unpaired) electrons. The Balaban J connectivity index is 1.72. The van der Waals surface area contributed by atoms with Crippen molar-refractivity contribution in [3.8, 4) is 5.75 Å². The molecule has 2 heterocycles. The fraction of sp³-hybridized carbons (Fsp3) is 0.348. The van der Waals surface area contributed by atoms with Gasteiger partial charge in [0.15, 0.2) is 0 Å². The summed E-state index contributed by atoms with van der Waals surface area (Å²) in [4.78, 5) is 6.71. The van der Waals surface area contributed by atoms with Crippen molar-refractivity contribution in [1.29, 1.82) is 0 Å². The average molecular weight is 427 g/mol. The number of piperidine rings is 1. The number of ether oxygens (including phenoxy) is 1. The van der Waals surface area contributed by atoms with Crippen LogP contribution in [0.15, 0.2) is 62.9 Å². The van der Waals surface area contributed by atoms with Crippen LogP contribution in [0.3, 0.4) is 0 Å². The Morgan fingerprint density at radius 3 is 2.30 bits per heavy atom. The molecule has 0 saturated carbocycles. The van der Waals surface area contributed by atoms with Crippen molar-refractivity contribution in [2.45, 2.75) is 42.5 Å². The Labute approximate surface area is 177 Å². The summed E-state index contributed by atoms with van der Waals surface area (Å²) in [5, 5.41) is 0.0109. The van der Waals surface area contributed by atoms with E-state index in [1.165, 1.54) is 0 Å². The van der Waals surface area contributed by atoms with Gasteiger partial charge in [0, 0.05) is 19.5 Å². The van der Waals surface area contributed by atoms with Crippen molar-refractivity contribution in [3.63, 3.8) is 0 Å². The zero-order valence-corrected chi connectivity index (χ0v) is 18.1. The van der Waals surface area contributed by atoms with E-state index in [2.05, 4.69) is 4.98 Å². The molecule has 0 aliphatic carbocycles. The average Bonchev–Trinajstić information content (AvgIpc) is 3.20. The Morgan fingerprint density at radius 2 is 1.67 bits per heavy atom. The molecule has 0 amide bonds. The molecular formula is C23H26N2O4S. The lowest BCUT2D eigenvalue weighted by Gasteiger charge is -2.26. The highest BCUT2D eigenvalue weighted by atomic mass is 32.2. The molecule has 30 heavy (non-hydrogen) atoms. The lowest BCUT2D eigenvalue weighted by Crippen LogP contribution is -2.30. The second kappa shape index (κ2) is 8.52. The zero-order chi connectivity index (χ0) is 21.1. The van der Waals surface area contributed by atoms with Crippen LogP contribution < -0.4 is 9.64 Å². The van der Waals surface area contributed by atoms with Gasteiger partial charge in [0.2, 0.25) is 26.6 Å². The van der Waals surface area contributed by atoms with E-state index in [1.54, 1.807) is 31.4 Å². The van der Waals surface area contributed by atoms with Crippen LogP contribution in [0.25, 0.3) is 0 Å². The smallest absolute Gasteiger partial charge is 0.236 e. The summed E-state index contributed by atoms with van der Waals surface area (Å²) in [6, 6.07) is 14.4. The zero-order valence-electron chi connectivity index (χ0n) is 17.3. The lowest BCUT2D eigenvalue weighted by molar-refractivity contribution is 0.414. The molecule has 4 rings (SSSR count). The second-order valence-corrected chi connectivity index (χ2v) is 9.47.